The van der Waals surface area contributed by atoms with Crippen LogP contribution in [0.3, 0.4) is 0 Å². The highest BCUT2D eigenvalue weighted by atomic mass is 31.2. The molecule has 0 aliphatic carbocycles. The quantitative estimate of drug-likeness (QED) is 0.0222. The van der Waals surface area contributed by atoms with Crippen LogP contribution in [-0.2, 0) is 65.4 Å². The molecule has 576 valence electrons. The predicted octanol–water partition coefficient (Wildman–Crippen LogP) is 23.3. The van der Waals surface area contributed by atoms with Gasteiger partial charge in [0.05, 0.1) is 26.4 Å². The molecule has 0 heterocycles. The van der Waals surface area contributed by atoms with E-state index in [0.717, 1.165) is 96.3 Å². The standard InChI is InChI=1S/C78H152O17P2/c1-6-9-12-15-18-21-24-27-29-31-32-34-37-40-43-48-54-59-64-78(83)94-73(67-88-75(80)61-56-51-46-41-38-36-33-30-28-25-22-19-16-13-10-7-2)69-92-96(84,85)90-65-72(79)66-91-97(86,87)93-70-74(68-89-76(81)62-57-52-49-44-45-50-55-60-71(4)5)95-77(82)63-58-53-47-42-39-35-26-23-20-17-14-11-8-3/h71-74,79H,6-70H2,1-5H3,(H,84,85)(H,86,87)/t72-,73-,74-/m1/s1. The fraction of sp³-hybridized carbons (Fsp3) is 0.949. The molecule has 0 fully saturated rings. The van der Waals surface area contributed by atoms with Gasteiger partial charge in [-0.1, -0.05) is 362 Å². The van der Waals surface area contributed by atoms with Crippen molar-refractivity contribution in [3.63, 3.8) is 0 Å². The first-order chi connectivity index (χ1) is 47.0. The summed E-state index contributed by atoms with van der Waals surface area (Å²) in [5, 5.41) is 10.6. The number of carbonyl (C=O) groups is 4. The van der Waals surface area contributed by atoms with E-state index in [4.69, 9.17) is 37.0 Å². The summed E-state index contributed by atoms with van der Waals surface area (Å²) < 4.78 is 68.6. The van der Waals surface area contributed by atoms with E-state index in [-0.39, 0.29) is 25.7 Å². The van der Waals surface area contributed by atoms with Crippen molar-refractivity contribution in [3.8, 4) is 0 Å². The Morgan fingerprint density at radius 1 is 0.278 bits per heavy atom. The SMILES string of the molecule is CCCCCCCCCCCCCCCCCCCCC(=O)O[C@H](COC(=O)CCCCCCCCCCCCCCCCCC)COP(=O)(O)OC[C@@H](O)COP(=O)(O)OC[C@@H](COC(=O)CCCCCCCCCC(C)C)OC(=O)CCCCCCCCCCCCCCC. The van der Waals surface area contributed by atoms with E-state index in [1.807, 2.05) is 0 Å². The molecule has 19 heteroatoms. The number of unbranched alkanes of at least 4 members (excludes halogenated alkanes) is 50. The van der Waals surface area contributed by atoms with Gasteiger partial charge < -0.3 is 33.8 Å². The fourth-order valence-corrected chi connectivity index (χ4v) is 13.6. The van der Waals surface area contributed by atoms with Crippen LogP contribution in [0.1, 0.15) is 413 Å². The van der Waals surface area contributed by atoms with E-state index >= 15 is 0 Å². The molecule has 0 saturated carbocycles. The minimum atomic E-state index is -4.96. The van der Waals surface area contributed by atoms with E-state index < -0.39 is 97.5 Å². The highest BCUT2D eigenvalue weighted by Gasteiger charge is 2.30. The number of esters is 4. The van der Waals surface area contributed by atoms with Gasteiger partial charge in [0.1, 0.15) is 19.3 Å². The van der Waals surface area contributed by atoms with E-state index in [9.17, 15) is 43.2 Å². The average Bonchev–Trinajstić information content (AvgIpc) is 1.02. The average molecular weight is 1420 g/mol. The van der Waals surface area contributed by atoms with Crippen LogP contribution in [0, 0.1) is 5.92 Å². The van der Waals surface area contributed by atoms with E-state index in [0.29, 0.717) is 31.6 Å². The van der Waals surface area contributed by atoms with Gasteiger partial charge in [0.2, 0.25) is 0 Å². The Morgan fingerprint density at radius 3 is 0.701 bits per heavy atom. The molecule has 97 heavy (non-hydrogen) atoms. The molecule has 17 nitrogen and oxygen atoms in total. The summed E-state index contributed by atoms with van der Waals surface area (Å²) >= 11 is 0. The van der Waals surface area contributed by atoms with Crippen LogP contribution < -0.4 is 0 Å². The van der Waals surface area contributed by atoms with Crippen LogP contribution in [0.4, 0.5) is 0 Å². The number of phosphoric acid groups is 2. The number of aliphatic hydroxyl groups is 1. The van der Waals surface area contributed by atoms with E-state index in [1.54, 1.807) is 0 Å². The van der Waals surface area contributed by atoms with Crippen LogP contribution >= 0.6 is 15.6 Å². The normalized spacial score (nSPS) is 13.9. The van der Waals surface area contributed by atoms with Crippen molar-refractivity contribution < 1.29 is 80.2 Å². The number of rotatable bonds is 78. The number of phosphoric ester groups is 2. The summed E-state index contributed by atoms with van der Waals surface area (Å²) in [6.07, 6.45) is 61.1. The number of ether oxygens (including phenoxy) is 4. The molecule has 0 bridgehead atoms. The molecule has 0 rings (SSSR count). The second-order valence-electron chi connectivity index (χ2n) is 28.6. The molecule has 0 amide bonds. The zero-order chi connectivity index (χ0) is 71.2. The Labute approximate surface area is 594 Å². The van der Waals surface area contributed by atoms with Crippen LogP contribution in [-0.4, -0.2) is 96.7 Å². The molecule has 0 spiro atoms. The van der Waals surface area contributed by atoms with Crippen molar-refractivity contribution in [3.05, 3.63) is 0 Å². The molecule has 3 N–H and O–H groups in total. The van der Waals surface area contributed by atoms with Gasteiger partial charge in [-0.3, -0.25) is 37.3 Å². The zero-order valence-electron chi connectivity index (χ0n) is 63.2. The first-order valence-corrected chi connectivity index (χ1v) is 43.6. The maximum atomic E-state index is 13.1. The molecule has 5 atom stereocenters. The summed E-state index contributed by atoms with van der Waals surface area (Å²) in [6.45, 7) is 7.26. The molecule has 0 saturated heterocycles. The van der Waals surface area contributed by atoms with Crippen LogP contribution in [0.25, 0.3) is 0 Å². The summed E-state index contributed by atoms with van der Waals surface area (Å²) in [5.41, 5.74) is 0. The largest absolute Gasteiger partial charge is 0.472 e. The van der Waals surface area contributed by atoms with Gasteiger partial charge in [0, 0.05) is 25.7 Å². The van der Waals surface area contributed by atoms with Gasteiger partial charge in [-0.2, -0.15) is 0 Å². The predicted molar refractivity (Wildman–Crippen MR) is 395 cm³/mol. The minimum Gasteiger partial charge on any atom is -0.462 e. The number of aliphatic hydroxyl groups excluding tert-OH is 1. The maximum absolute atomic E-state index is 13.1. The lowest BCUT2D eigenvalue weighted by atomic mass is 10.0. The fourth-order valence-electron chi connectivity index (χ4n) is 12.1. The number of carbonyl (C=O) groups excluding carboxylic acids is 4. The first kappa shape index (κ1) is 95.1. The first-order valence-electron chi connectivity index (χ1n) is 40.6. The third-order valence-corrected chi connectivity index (χ3v) is 20.2. The molecular weight excluding hydrogens is 1270 g/mol. The van der Waals surface area contributed by atoms with Crippen molar-refractivity contribution >= 4 is 39.5 Å². The molecular formula is C78H152O17P2. The second kappa shape index (κ2) is 71.1. The Hall–Kier alpha value is -1.94. The molecule has 0 radical (unpaired) electrons. The van der Waals surface area contributed by atoms with E-state index in [1.165, 1.54) is 231 Å². The lowest BCUT2D eigenvalue weighted by molar-refractivity contribution is -0.161. The molecule has 0 aliphatic heterocycles. The maximum Gasteiger partial charge on any atom is 0.472 e. The van der Waals surface area contributed by atoms with Gasteiger partial charge in [0.25, 0.3) is 0 Å². The zero-order valence-corrected chi connectivity index (χ0v) is 65.0. The van der Waals surface area contributed by atoms with Gasteiger partial charge in [-0.15, -0.1) is 0 Å². The highest BCUT2D eigenvalue weighted by Crippen LogP contribution is 2.45. The molecule has 0 aromatic rings. The summed E-state index contributed by atoms with van der Waals surface area (Å²) in [6, 6.07) is 0. The van der Waals surface area contributed by atoms with Crippen molar-refractivity contribution in [2.24, 2.45) is 5.92 Å². The summed E-state index contributed by atoms with van der Waals surface area (Å²) in [4.78, 5) is 72.9. The molecule has 2 unspecified atom stereocenters. The van der Waals surface area contributed by atoms with Crippen molar-refractivity contribution in [2.45, 2.75) is 432 Å². The molecule has 0 aliphatic rings. The number of hydrogen-bond donors (Lipinski definition) is 3. The monoisotopic (exact) mass is 1420 g/mol. The third-order valence-electron chi connectivity index (χ3n) is 18.3. The highest BCUT2D eigenvalue weighted by molar-refractivity contribution is 7.47. The topological polar surface area (TPSA) is 237 Å². The lowest BCUT2D eigenvalue weighted by Crippen LogP contribution is -2.30. The molecule has 0 aromatic heterocycles. The van der Waals surface area contributed by atoms with Crippen molar-refractivity contribution in [1.82, 2.24) is 0 Å². The smallest absolute Gasteiger partial charge is 0.462 e. The van der Waals surface area contributed by atoms with Gasteiger partial charge >= 0.3 is 39.5 Å². The Kier molecular flexibility index (Phi) is 69.6. The third kappa shape index (κ3) is 72.2. The minimum absolute atomic E-state index is 0.107. The van der Waals surface area contributed by atoms with Crippen LogP contribution in [0.5, 0.6) is 0 Å². The van der Waals surface area contributed by atoms with Crippen molar-refractivity contribution in [2.75, 3.05) is 39.6 Å². The van der Waals surface area contributed by atoms with Gasteiger partial charge in [0.15, 0.2) is 12.2 Å². The summed E-state index contributed by atoms with van der Waals surface area (Å²) in [5.74, 6) is -1.40. The Balaban J connectivity index is 5.24. The Bertz CT molecular complexity index is 1860. The second-order valence-corrected chi connectivity index (χ2v) is 31.5. The summed E-state index contributed by atoms with van der Waals surface area (Å²) in [7, 11) is -9.91. The van der Waals surface area contributed by atoms with E-state index in [2.05, 4.69) is 34.6 Å². The van der Waals surface area contributed by atoms with Crippen molar-refractivity contribution in [1.29, 1.82) is 0 Å². The van der Waals surface area contributed by atoms with Crippen LogP contribution in [0.15, 0.2) is 0 Å². The van der Waals surface area contributed by atoms with Gasteiger partial charge in [-0.05, 0) is 31.6 Å². The number of hydrogen-bond acceptors (Lipinski definition) is 15. The van der Waals surface area contributed by atoms with Crippen LogP contribution in [0.2, 0.25) is 0 Å². The van der Waals surface area contributed by atoms with Gasteiger partial charge in [-0.25, -0.2) is 9.13 Å². The Morgan fingerprint density at radius 2 is 0.474 bits per heavy atom. The lowest BCUT2D eigenvalue weighted by Gasteiger charge is -2.21. The molecule has 0 aromatic carbocycles.